The van der Waals surface area contributed by atoms with Crippen molar-refractivity contribution in [3.05, 3.63) is 175 Å². The summed E-state index contributed by atoms with van der Waals surface area (Å²) in [6, 6.07) is 61.2. The molecule has 10 aromatic rings. The highest BCUT2D eigenvalue weighted by Gasteiger charge is 2.43. The van der Waals surface area contributed by atoms with Crippen LogP contribution >= 0.6 is 11.8 Å². The Labute approximate surface area is 361 Å². The van der Waals surface area contributed by atoms with Crippen molar-refractivity contribution in [2.24, 2.45) is 0 Å². The molecule has 2 aliphatic rings. The lowest BCUT2D eigenvalue weighted by atomic mass is 9.34. The van der Waals surface area contributed by atoms with Gasteiger partial charge in [0.2, 0.25) is 6.71 Å². The van der Waals surface area contributed by atoms with Crippen LogP contribution in [0.15, 0.2) is 178 Å². The van der Waals surface area contributed by atoms with Gasteiger partial charge < -0.3 is 13.9 Å². The summed E-state index contributed by atoms with van der Waals surface area (Å²) in [7, 11) is 0. The quantitative estimate of drug-likeness (QED) is 0.156. The van der Waals surface area contributed by atoms with E-state index in [4.69, 9.17) is 4.42 Å². The number of hydrogen-bond acceptors (Lipinski definition) is 3. The van der Waals surface area contributed by atoms with E-state index < -0.39 is 0 Å². The normalized spacial score (nSPS) is 13.3. The summed E-state index contributed by atoms with van der Waals surface area (Å²) in [5.74, 6) is 0. The summed E-state index contributed by atoms with van der Waals surface area (Å²) in [4.78, 5) is 5.33. The van der Waals surface area contributed by atoms with Crippen LogP contribution in [0.1, 0.15) is 51.7 Å². The van der Waals surface area contributed by atoms with E-state index in [1.165, 1.54) is 92.7 Å². The lowest BCUT2D eigenvalue weighted by Gasteiger charge is -2.42. The minimum atomic E-state index is -0.0742. The Balaban J connectivity index is 1.22. The highest BCUT2D eigenvalue weighted by molar-refractivity contribution is 8.00. The molecule has 5 heteroatoms. The summed E-state index contributed by atoms with van der Waals surface area (Å²) in [6.45, 7) is 9.39. The summed E-state index contributed by atoms with van der Waals surface area (Å²) in [6.07, 6.45) is 3.19. The molecule has 0 N–H and O–H groups in total. The number of anilines is 3. The van der Waals surface area contributed by atoms with Gasteiger partial charge in [0.15, 0.2) is 0 Å². The third-order valence-corrected chi connectivity index (χ3v) is 14.3. The van der Waals surface area contributed by atoms with Crippen molar-refractivity contribution < 1.29 is 4.42 Å². The minimum absolute atomic E-state index is 0.0387. The van der Waals surface area contributed by atoms with Gasteiger partial charge in [0, 0.05) is 43.0 Å². The highest BCUT2D eigenvalue weighted by Crippen LogP contribution is 2.50. The molecular formula is C56H45BN2OS. The number of aryl methyl sites for hydroxylation is 1. The Bertz CT molecular complexity index is 3340. The first-order valence-corrected chi connectivity index (χ1v) is 22.6. The van der Waals surface area contributed by atoms with Gasteiger partial charge in [0.1, 0.15) is 11.2 Å². The first kappa shape index (κ1) is 36.4. The second kappa shape index (κ2) is 13.8. The standard InChI is InChI=1S/C56H45BN2OS/c1-5-6-16-36-25-29-50-53(42-21-12-15-24-49(42)60-50)55(36)59-47-34-39(58-45-22-13-10-19-40(45)41-20-11-14-23-46(41)58)27-28-43(47)57-44-31-37(35-17-8-7-9-18-35)26-30-51(44)61-52-33-38(56(2,3)4)32-48(59)54(52)57/h7-15,17-34H,5-6,16H2,1-4H3. The number of benzene rings is 8. The van der Waals surface area contributed by atoms with Crippen LogP contribution in [-0.2, 0) is 11.8 Å². The van der Waals surface area contributed by atoms with E-state index in [2.05, 4.69) is 201 Å². The fourth-order valence-electron chi connectivity index (χ4n) is 10.2. The number of aromatic nitrogens is 1. The third-order valence-electron chi connectivity index (χ3n) is 13.2. The lowest BCUT2D eigenvalue weighted by Crippen LogP contribution is -2.60. The average molecular weight is 805 g/mol. The predicted octanol–water partition coefficient (Wildman–Crippen LogP) is 13.8. The summed E-state index contributed by atoms with van der Waals surface area (Å²) >= 11 is 1.94. The second-order valence-electron chi connectivity index (χ2n) is 17.9. The highest BCUT2D eigenvalue weighted by atomic mass is 32.2. The van der Waals surface area contributed by atoms with Gasteiger partial charge in [-0.05, 0) is 106 Å². The molecule has 0 amide bonds. The van der Waals surface area contributed by atoms with E-state index in [1.54, 1.807) is 0 Å². The minimum Gasteiger partial charge on any atom is -0.456 e. The molecule has 294 valence electrons. The van der Waals surface area contributed by atoms with Crippen LogP contribution in [0.4, 0.5) is 17.1 Å². The fourth-order valence-corrected chi connectivity index (χ4v) is 11.4. The van der Waals surface area contributed by atoms with Crippen LogP contribution in [-0.4, -0.2) is 11.3 Å². The van der Waals surface area contributed by atoms with Crippen LogP contribution in [0.3, 0.4) is 0 Å². The zero-order valence-corrected chi connectivity index (χ0v) is 35.8. The van der Waals surface area contributed by atoms with Crippen LogP contribution in [0.25, 0.3) is 60.6 Å². The van der Waals surface area contributed by atoms with Gasteiger partial charge in [0.25, 0.3) is 0 Å². The van der Waals surface area contributed by atoms with E-state index in [0.717, 1.165) is 41.5 Å². The number of fused-ring (bicyclic) bond motifs is 10. The monoisotopic (exact) mass is 804 g/mol. The molecule has 0 fully saturated rings. The van der Waals surface area contributed by atoms with E-state index in [1.807, 2.05) is 11.8 Å². The molecule has 2 aromatic heterocycles. The SMILES string of the molecule is CCCCc1ccc2oc3ccccc3c2c1N1c2cc(-n3c4ccccc4c4ccccc43)ccc2B2c3cc(-c4ccccc4)ccc3Sc3cc(C(C)(C)C)cc1c32. The lowest BCUT2D eigenvalue weighted by molar-refractivity contribution is 0.589. The molecule has 0 radical (unpaired) electrons. The number of hydrogen-bond donors (Lipinski definition) is 0. The topological polar surface area (TPSA) is 21.3 Å². The molecule has 2 aliphatic heterocycles. The Morgan fingerprint density at radius 1 is 0.590 bits per heavy atom. The molecule has 0 aliphatic carbocycles. The Morgan fingerprint density at radius 3 is 2.07 bits per heavy atom. The molecule has 12 rings (SSSR count). The number of unbranched alkanes of at least 4 members (excludes halogenated alkanes) is 1. The molecule has 0 atom stereocenters. The second-order valence-corrected chi connectivity index (χ2v) is 19.0. The van der Waals surface area contributed by atoms with Gasteiger partial charge in [-0.3, -0.25) is 0 Å². The maximum absolute atomic E-state index is 6.72. The van der Waals surface area contributed by atoms with E-state index in [9.17, 15) is 0 Å². The Morgan fingerprint density at radius 2 is 1.31 bits per heavy atom. The zero-order valence-electron chi connectivity index (χ0n) is 35.0. The number of nitrogens with zero attached hydrogens (tertiary/aromatic N) is 2. The Kier molecular flexibility index (Phi) is 8.24. The van der Waals surface area contributed by atoms with Gasteiger partial charge in [0.05, 0.1) is 22.1 Å². The van der Waals surface area contributed by atoms with Crippen molar-refractivity contribution in [1.29, 1.82) is 0 Å². The van der Waals surface area contributed by atoms with Crippen LogP contribution in [0, 0.1) is 0 Å². The number of furan rings is 1. The Hall–Kier alpha value is -6.43. The number of para-hydroxylation sites is 3. The van der Waals surface area contributed by atoms with Crippen LogP contribution < -0.4 is 21.3 Å². The van der Waals surface area contributed by atoms with Crippen molar-refractivity contribution in [3.8, 4) is 16.8 Å². The molecule has 61 heavy (non-hydrogen) atoms. The maximum Gasteiger partial charge on any atom is 0.249 e. The zero-order chi connectivity index (χ0) is 41.0. The molecule has 0 spiro atoms. The van der Waals surface area contributed by atoms with Crippen LogP contribution in [0.2, 0.25) is 0 Å². The smallest absolute Gasteiger partial charge is 0.249 e. The van der Waals surface area contributed by atoms with E-state index in [0.29, 0.717) is 0 Å². The van der Waals surface area contributed by atoms with Gasteiger partial charge in [-0.15, -0.1) is 0 Å². The molecule has 0 unspecified atom stereocenters. The van der Waals surface area contributed by atoms with Crippen LogP contribution in [0.5, 0.6) is 0 Å². The third kappa shape index (κ3) is 5.60. The molecule has 4 heterocycles. The molecule has 8 aromatic carbocycles. The molecule has 3 nitrogen and oxygen atoms in total. The number of rotatable bonds is 6. The van der Waals surface area contributed by atoms with E-state index >= 15 is 0 Å². The largest absolute Gasteiger partial charge is 0.456 e. The fraction of sp³-hybridized carbons (Fsp3) is 0.143. The van der Waals surface area contributed by atoms with Crippen molar-refractivity contribution >= 4 is 95.7 Å². The van der Waals surface area contributed by atoms with E-state index in [-0.39, 0.29) is 12.1 Å². The first-order valence-electron chi connectivity index (χ1n) is 21.8. The first-order chi connectivity index (χ1) is 29.9. The molecule has 0 bridgehead atoms. The average Bonchev–Trinajstić information content (AvgIpc) is 3.84. The van der Waals surface area contributed by atoms with Crippen molar-refractivity contribution in [3.63, 3.8) is 0 Å². The summed E-state index contributed by atoms with van der Waals surface area (Å²) in [5.41, 5.74) is 18.3. The maximum atomic E-state index is 6.72. The van der Waals surface area contributed by atoms with Crippen molar-refractivity contribution in [1.82, 2.24) is 4.57 Å². The summed E-state index contributed by atoms with van der Waals surface area (Å²) < 4.78 is 9.19. The van der Waals surface area contributed by atoms with Gasteiger partial charge in [-0.1, -0.05) is 161 Å². The van der Waals surface area contributed by atoms with Gasteiger partial charge in [-0.25, -0.2) is 0 Å². The molecule has 0 saturated carbocycles. The van der Waals surface area contributed by atoms with Gasteiger partial charge >= 0.3 is 0 Å². The molecule has 0 saturated heterocycles. The molecular weight excluding hydrogens is 760 g/mol. The summed E-state index contributed by atoms with van der Waals surface area (Å²) in [5, 5.41) is 4.86. The van der Waals surface area contributed by atoms with Gasteiger partial charge in [-0.2, -0.15) is 0 Å². The predicted molar refractivity (Wildman–Crippen MR) is 261 cm³/mol. The van der Waals surface area contributed by atoms with Crippen molar-refractivity contribution in [2.45, 2.75) is 62.2 Å². The van der Waals surface area contributed by atoms with Crippen molar-refractivity contribution in [2.75, 3.05) is 4.90 Å².